The van der Waals surface area contributed by atoms with E-state index in [1.54, 1.807) is 7.11 Å². The van der Waals surface area contributed by atoms with Gasteiger partial charge in [0, 0.05) is 7.11 Å². The Morgan fingerprint density at radius 3 is 2.81 bits per heavy atom. The van der Waals surface area contributed by atoms with Crippen LogP contribution in [0.4, 0.5) is 0 Å². The Bertz CT molecular complexity index is 347. The summed E-state index contributed by atoms with van der Waals surface area (Å²) in [6.07, 6.45) is 4.00. The first kappa shape index (κ1) is 11.5. The fourth-order valence-electron chi connectivity index (χ4n) is 2.11. The second-order valence-electron chi connectivity index (χ2n) is 4.15. The zero-order valence-electron chi connectivity index (χ0n) is 9.35. The predicted octanol–water partition coefficient (Wildman–Crippen LogP) is 0.477. The molecule has 1 saturated carbocycles. The summed E-state index contributed by atoms with van der Waals surface area (Å²) in [5.74, 6) is 0.812. The summed E-state index contributed by atoms with van der Waals surface area (Å²) in [5, 5.41) is 12.8. The molecule has 1 heterocycles. The molecule has 0 aliphatic heterocycles. The number of aliphatic hydroxyl groups is 1. The highest BCUT2D eigenvalue weighted by atomic mass is 16.5. The van der Waals surface area contributed by atoms with Crippen molar-refractivity contribution in [2.24, 2.45) is 5.73 Å². The summed E-state index contributed by atoms with van der Waals surface area (Å²) in [6.45, 7) is -0.207. The van der Waals surface area contributed by atoms with Crippen LogP contribution in [0.2, 0.25) is 0 Å². The van der Waals surface area contributed by atoms with Crippen LogP contribution in [0, 0.1) is 0 Å². The van der Waals surface area contributed by atoms with E-state index in [9.17, 15) is 0 Å². The van der Waals surface area contributed by atoms with Gasteiger partial charge in [0.05, 0.1) is 6.61 Å². The lowest BCUT2D eigenvalue weighted by Gasteiger charge is -2.22. The van der Waals surface area contributed by atoms with Crippen LogP contribution >= 0.6 is 0 Å². The third kappa shape index (κ3) is 1.83. The van der Waals surface area contributed by atoms with E-state index in [-0.39, 0.29) is 12.5 Å². The molecular formula is C10H17N3O3. The average Bonchev–Trinajstić information content (AvgIpc) is 2.96. The molecule has 0 amide bonds. The number of aliphatic hydroxyl groups excluding tert-OH is 1. The van der Waals surface area contributed by atoms with Crippen LogP contribution in [-0.2, 0) is 10.3 Å². The van der Waals surface area contributed by atoms with Crippen molar-refractivity contribution >= 4 is 0 Å². The summed E-state index contributed by atoms with van der Waals surface area (Å²) in [5.41, 5.74) is 5.18. The molecule has 1 fully saturated rings. The predicted molar refractivity (Wildman–Crippen MR) is 55.5 cm³/mol. The van der Waals surface area contributed by atoms with E-state index in [1.165, 1.54) is 0 Å². The van der Waals surface area contributed by atoms with Crippen molar-refractivity contribution in [2.75, 3.05) is 13.7 Å². The van der Waals surface area contributed by atoms with E-state index in [4.69, 9.17) is 20.1 Å². The summed E-state index contributed by atoms with van der Waals surface area (Å²) in [4.78, 5) is 4.22. The van der Waals surface area contributed by atoms with Crippen LogP contribution in [0.5, 0.6) is 0 Å². The number of hydrogen-bond donors (Lipinski definition) is 2. The van der Waals surface area contributed by atoms with Gasteiger partial charge in [-0.15, -0.1) is 0 Å². The number of nitrogens with two attached hydrogens (primary N) is 1. The first-order valence-electron chi connectivity index (χ1n) is 5.47. The van der Waals surface area contributed by atoms with Gasteiger partial charge >= 0.3 is 0 Å². The Morgan fingerprint density at radius 1 is 1.56 bits per heavy atom. The van der Waals surface area contributed by atoms with Crippen LogP contribution < -0.4 is 5.73 Å². The number of aromatic nitrogens is 2. The lowest BCUT2D eigenvalue weighted by molar-refractivity contribution is -0.0178. The molecule has 1 aromatic heterocycles. The minimum Gasteiger partial charge on any atom is -0.394 e. The molecule has 0 radical (unpaired) electrons. The maximum Gasteiger partial charge on any atom is 0.246 e. The van der Waals surface area contributed by atoms with Crippen molar-refractivity contribution in [2.45, 2.75) is 37.3 Å². The summed E-state index contributed by atoms with van der Waals surface area (Å²) >= 11 is 0. The largest absolute Gasteiger partial charge is 0.394 e. The molecule has 0 saturated heterocycles. The quantitative estimate of drug-likeness (QED) is 0.776. The maximum atomic E-state index is 8.90. The highest BCUT2D eigenvalue weighted by molar-refractivity contribution is 5.05. The molecular weight excluding hydrogens is 210 g/mol. The van der Waals surface area contributed by atoms with Crippen molar-refractivity contribution in [3.8, 4) is 0 Å². The number of ether oxygens (including phenoxy) is 1. The van der Waals surface area contributed by atoms with Crippen molar-refractivity contribution in [1.82, 2.24) is 10.1 Å². The molecule has 6 nitrogen and oxygen atoms in total. The van der Waals surface area contributed by atoms with Crippen LogP contribution in [0.1, 0.15) is 43.4 Å². The first-order valence-corrected chi connectivity index (χ1v) is 5.47. The van der Waals surface area contributed by atoms with E-state index in [0.717, 1.165) is 25.7 Å². The molecule has 0 aromatic carbocycles. The Hall–Kier alpha value is -0.980. The number of hydrogen-bond acceptors (Lipinski definition) is 6. The molecule has 6 heteroatoms. The standard InChI is InChI=1S/C10H17N3O3/c1-15-10(4-2-3-5-10)9-12-8(16-13-9)7(11)6-14/h7,14H,2-6,11H2,1H3/t7-/m0/s1. The second kappa shape index (κ2) is 4.48. The third-order valence-electron chi connectivity index (χ3n) is 3.17. The van der Waals surface area contributed by atoms with Crippen LogP contribution in [0.3, 0.4) is 0 Å². The SMILES string of the molecule is COC1(c2noc([C@@H](N)CO)n2)CCCC1. The van der Waals surface area contributed by atoms with E-state index in [1.807, 2.05) is 0 Å². The lowest BCUT2D eigenvalue weighted by atomic mass is 10.0. The van der Waals surface area contributed by atoms with Gasteiger partial charge < -0.3 is 20.1 Å². The van der Waals surface area contributed by atoms with Gasteiger partial charge in [0.25, 0.3) is 0 Å². The Kier molecular flexibility index (Phi) is 3.22. The molecule has 3 N–H and O–H groups in total. The van der Waals surface area contributed by atoms with E-state index < -0.39 is 11.6 Å². The van der Waals surface area contributed by atoms with Crippen LogP contribution in [-0.4, -0.2) is 29.0 Å². The van der Waals surface area contributed by atoms with E-state index in [2.05, 4.69) is 10.1 Å². The second-order valence-corrected chi connectivity index (χ2v) is 4.15. The number of methoxy groups -OCH3 is 1. The smallest absolute Gasteiger partial charge is 0.246 e. The highest BCUT2D eigenvalue weighted by Gasteiger charge is 2.40. The molecule has 1 atom stereocenters. The van der Waals surface area contributed by atoms with Gasteiger partial charge in [-0.3, -0.25) is 0 Å². The van der Waals surface area contributed by atoms with Crippen LogP contribution in [0.15, 0.2) is 4.52 Å². The molecule has 90 valence electrons. The normalized spacial score (nSPS) is 21.2. The molecule has 0 unspecified atom stereocenters. The average molecular weight is 227 g/mol. The van der Waals surface area contributed by atoms with Gasteiger partial charge in [-0.2, -0.15) is 4.98 Å². The number of rotatable bonds is 4. The minimum atomic E-state index is -0.614. The van der Waals surface area contributed by atoms with Gasteiger partial charge in [0.1, 0.15) is 11.6 Å². The summed E-state index contributed by atoms with van der Waals surface area (Å²) in [6, 6.07) is -0.614. The van der Waals surface area contributed by atoms with Crippen LogP contribution in [0.25, 0.3) is 0 Å². The zero-order valence-corrected chi connectivity index (χ0v) is 9.35. The maximum absolute atomic E-state index is 8.90. The number of nitrogens with zero attached hydrogens (tertiary/aromatic N) is 2. The van der Waals surface area contributed by atoms with Crippen molar-refractivity contribution in [3.05, 3.63) is 11.7 Å². The Balaban J connectivity index is 2.23. The third-order valence-corrected chi connectivity index (χ3v) is 3.17. The van der Waals surface area contributed by atoms with E-state index >= 15 is 0 Å². The Labute approximate surface area is 93.8 Å². The van der Waals surface area contributed by atoms with Crippen molar-refractivity contribution in [1.29, 1.82) is 0 Å². The van der Waals surface area contributed by atoms with E-state index in [0.29, 0.717) is 5.82 Å². The van der Waals surface area contributed by atoms with Gasteiger partial charge in [-0.1, -0.05) is 5.16 Å². The Morgan fingerprint density at radius 2 is 2.25 bits per heavy atom. The molecule has 0 bridgehead atoms. The fourth-order valence-corrected chi connectivity index (χ4v) is 2.11. The molecule has 16 heavy (non-hydrogen) atoms. The summed E-state index contributed by atoms with van der Waals surface area (Å²) < 4.78 is 10.6. The molecule has 1 aliphatic carbocycles. The highest BCUT2D eigenvalue weighted by Crippen LogP contribution is 2.40. The van der Waals surface area contributed by atoms with Gasteiger partial charge in [0.15, 0.2) is 0 Å². The monoisotopic (exact) mass is 227 g/mol. The first-order chi connectivity index (χ1) is 7.72. The lowest BCUT2D eigenvalue weighted by Crippen LogP contribution is -2.26. The molecule has 1 aliphatic rings. The molecule has 2 rings (SSSR count). The van der Waals surface area contributed by atoms with Gasteiger partial charge in [0.2, 0.25) is 11.7 Å². The van der Waals surface area contributed by atoms with Crippen molar-refractivity contribution < 1.29 is 14.4 Å². The van der Waals surface area contributed by atoms with Gasteiger partial charge in [-0.25, -0.2) is 0 Å². The summed E-state index contributed by atoms with van der Waals surface area (Å²) in [7, 11) is 1.66. The minimum absolute atomic E-state index is 0.207. The zero-order chi connectivity index (χ0) is 11.6. The topological polar surface area (TPSA) is 94.4 Å². The molecule has 0 spiro atoms. The molecule has 1 aromatic rings. The fraction of sp³-hybridized carbons (Fsp3) is 0.800. The van der Waals surface area contributed by atoms with Crippen molar-refractivity contribution in [3.63, 3.8) is 0 Å². The van der Waals surface area contributed by atoms with Gasteiger partial charge in [-0.05, 0) is 25.7 Å².